The van der Waals surface area contributed by atoms with Gasteiger partial charge in [0.05, 0.1) is 13.3 Å². The Morgan fingerprint density at radius 3 is 2.68 bits per heavy atom. The number of methoxy groups -OCH3 is 1. The lowest BCUT2D eigenvalue weighted by Gasteiger charge is -2.14. The maximum atomic E-state index is 5.85. The summed E-state index contributed by atoms with van der Waals surface area (Å²) in [5, 5.41) is 0. The zero-order chi connectivity index (χ0) is 15.8. The van der Waals surface area contributed by atoms with Gasteiger partial charge in [0.2, 0.25) is 5.90 Å². The molecular weight excluding hydrogens is 276 g/mol. The molecule has 0 bridgehead atoms. The Hall–Kier alpha value is -2.88. The first-order valence-electron chi connectivity index (χ1n) is 6.86. The lowest BCUT2D eigenvalue weighted by atomic mass is 10.0. The lowest BCUT2D eigenvalue weighted by Crippen LogP contribution is -2.11. The molecule has 1 heterocycles. The summed E-state index contributed by atoms with van der Waals surface area (Å²) in [5.74, 6) is 1.80. The number of pyridine rings is 1. The molecule has 0 fully saturated rings. The van der Waals surface area contributed by atoms with Crippen molar-refractivity contribution in [1.29, 1.82) is 0 Å². The number of hydrogen-bond acceptors (Lipinski definition) is 4. The number of aromatic nitrogens is 1. The minimum Gasteiger partial charge on any atom is -0.496 e. The lowest BCUT2D eigenvalue weighted by molar-refractivity contribution is 0.413. The number of ether oxygens (including phenoxy) is 2. The minimum absolute atomic E-state index is 0.440. The molecule has 4 heteroatoms. The fourth-order valence-corrected chi connectivity index (χ4v) is 2.01. The summed E-state index contributed by atoms with van der Waals surface area (Å²) in [6.07, 6.45) is 6.70. The maximum absolute atomic E-state index is 5.85. The molecule has 0 radical (unpaired) electrons. The number of benzene rings is 1. The van der Waals surface area contributed by atoms with Crippen molar-refractivity contribution in [2.45, 2.75) is 6.92 Å². The van der Waals surface area contributed by atoms with Gasteiger partial charge in [0.15, 0.2) is 0 Å². The van der Waals surface area contributed by atoms with Gasteiger partial charge >= 0.3 is 0 Å². The summed E-state index contributed by atoms with van der Waals surface area (Å²) in [6.45, 7) is 5.58. The largest absolute Gasteiger partial charge is 0.496 e. The zero-order valence-corrected chi connectivity index (χ0v) is 12.7. The second-order valence-electron chi connectivity index (χ2n) is 4.31. The summed E-state index contributed by atoms with van der Waals surface area (Å²) in [6, 6.07) is 11.3. The van der Waals surface area contributed by atoms with Crippen molar-refractivity contribution in [2.24, 2.45) is 4.99 Å². The van der Waals surface area contributed by atoms with Crippen LogP contribution in [0.2, 0.25) is 0 Å². The fourth-order valence-electron chi connectivity index (χ4n) is 2.01. The monoisotopic (exact) mass is 294 g/mol. The predicted molar refractivity (Wildman–Crippen MR) is 89.1 cm³/mol. The summed E-state index contributed by atoms with van der Waals surface area (Å²) in [5.41, 5.74) is 1.72. The van der Waals surface area contributed by atoms with Crippen molar-refractivity contribution in [3.8, 4) is 11.5 Å². The first-order valence-corrected chi connectivity index (χ1v) is 6.86. The van der Waals surface area contributed by atoms with Gasteiger partial charge in [-0.1, -0.05) is 30.9 Å². The maximum Gasteiger partial charge on any atom is 0.226 e. The van der Waals surface area contributed by atoms with Crippen LogP contribution in [0.5, 0.6) is 11.5 Å². The van der Waals surface area contributed by atoms with Crippen molar-refractivity contribution in [3.63, 3.8) is 0 Å². The Bertz CT molecular complexity index is 691. The molecule has 0 aliphatic heterocycles. The average molecular weight is 294 g/mol. The Balaban J connectivity index is 2.42. The first-order chi connectivity index (χ1) is 10.8. The molecule has 0 saturated carbocycles. The Morgan fingerprint density at radius 2 is 2.05 bits per heavy atom. The topological polar surface area (TPSA) is 43.7 Å². The minimum atomic E-state index is 0.440. The molecule has 0 aliphatic rings. The van der Waals surface area contributed by atoms with Crippen molar-refractivity contribution in [3.05, 3.63) is 73.2 Å². The van der Waals surface area contributed by atoms with Crippen molar-refractivity contribution < 1.29 is 9.47 Å². The molecular formula is C18H18N2O2. The van der Waals surface area contributed by atoms with Crippen molar-refractivity contribution in [1.82, 2.24) is 4.98 Å². The van der Waals surface area contributed by atoms with E-state index in [4.69, 9.17) is 9.47 Å². The highest BCUT2D eigenvalue weighted by atomic mass is 16.5. The standard InChI is InChI=1S/C18H18N2O2/c1-4-15(16-10-6-7-11-17(16)21-3)18(20-5-2)22-14-9-8-12-19-13-14/h4-13H,2H2,1,3H3/b15-4-,20-18?. The van der Waals surface area contributed by atoms with Crippen LogP contribution in [0.15, 0.2) is 72.6 Å². The molecule has 112 valence electrons. The molecule has 0 amide bonds. The normalized spacial score (nSPS) is 11.9. The van der Waals surface area contributed by atoms with Crippen LogP contribution < -0.4 is 9.47 Å². The highest BCUT2D eigenvalue weighted by Gasteiger charge is 2.15. The summed E-state index contributed by atoms with van der Waals surface area (Å²) in [7, 11) is 1.64. The fraction of sp³-hybridized carbons (Fsp3) is 0.111. The average Bonchev–Trinajstić information content (AvgIpc) is 2.57. The van der Waals surface area contributed by atoms with Crippen LogP contribution in [0.3, 0.4) is 0 Å². The predicted octanol–water partition coefficient (Wildman–Crippen LogP) is 4.11. The molecule has 4 nitrogen and oxygen atoms in total. The third-order valence-electron chi connectivity index (χ3n) is 2.97. The van der Waals surface area contributed by atoms with Gasteiger partial charge < -0.3 is 9.47 Å². The van der Waals surface area contributed by atoms with E-state index in [-0.39, 0.29) is 0 Å². The Kier molecular flexibility index (Phi) is 5.49. The van der Waals surface area contributed by atoms with E-state index >= 15 is 0 Å². The second kappa shape index (κ2) is 7.78. The third-order valence-corrected chi connectivity index (χ3v) is 2.97. The Labute approximate surface area is 130 Å². The number of hydrogen-bond donors (Lipinski definition) is 0. The van der Waals surface area contributed by atoms with E-state index in [2.05, 4.69) is 16.6 Å². The molecule has 1 aromatic carbocycles. The Morgan fingerprint density at radius 1 is 1.23 bits per heavy atom. The summed E-state index contributed by atoms with van der Waals surface area (Å²) < 4.78 is 11.3. The van der Waals surface area contributed by atoms with Gasteiger partial charge in [0.1, 0.15) is 11.5 Å². The SMILES string of the molecule is C=CN=C(Oc1cccnc1)/C(=C\C)c1ccccc1OC. The van der Waals surface area contributed by atoms with Gasteiger partial charge in [-0.2, -0.15) is 0 Å². The molecule has 0 aliphatic carbocycles. The van der Waals surface area contributed by atoms with Gasteiger partial charge in [-0.05, 0) is 25.1 Å². The molecule has 0 unspecified atom stereocenters. The van der Waals surface area contributed by atoms with E-state index in [1.807, 2.05) is 43.3 Å². The van der Waals surface area contributed by atoms with Crippen molar-refractivity contribution >= 4 is 11.5 Å². The first kappa shape index (κ1) is 15.5. The van der Waals surface area contributed by atoms with E-state index in [1.165, 1.54) is 6.20 Å². The van der Waals surface area contributed by atoms with Crippen LogP contribution in [0.4, 0.5) is 0 Å². The molecule has 1 aromatic heterocycles. The molecule has 22 heavy (non-hydrogen) atoms. The van der Waals surface area contributed by atoms with Crippen LogP contribution in [0.1, 0.15) is 12.5 Å². The van der Waals surface area contributed by atoms with E-state index in [1.54, 1.807) is 25.6 Å². The third kappa shape index (κ3) is 3.61. The van der Waals surface area contributed by atoms with Crippen LogP contribution in [-0.2, 0) is 0 Å². The van der Waals surface area contributed by atoms with Gasteiger partial charge in [-0.15, -0.1) is 0 Å². The van der Waals surface area contributed by atoms with Crippen LogP contribution in [0, 0.1) is 0 Å². The molecule has 2 aromatic rings. The molecule has 0 N–H and O–H groups in total. The molecule has 0 spiro atoms. The summed E-state index contributed by atoms with van der Waals surface area (Å²) in [4.78, 5) is 8.29. The smallest absolute Gasteiger partial charge is 0.226 e. The summed E-state index contributed by atoms with van der Waals surface area (Å²) >= 11 is 0. The number of allylic oxidation sites excluding steroid dienone is 1. The van der Waals surface area contributed by atoms with E-state index in [0.717, 1.165) is 16.9 Å². The van der Waals surface area contributed by atoms with E-state index < -0.39 is 0 Å². The molecule has 0 saturated heterocycles. The van der Waals surface area contributed by atoms with Crippen LogP contribution in [0.25, 0.3) is 5.57 Å². The zero-order valence-electron chi connectivity index (χ0n) is 12.7. The van der Waals surface area contributed by atoms with E-state index in [9.17, 15) is 0 Å². The van der Waals surface area contributed by atoms with Gasteiger partial charge in [-0.3, -0.25) is 4.98 Å². The number of nitrogens with zero attached hydrogens (tertiary/aromatic N) is 2. The van der Waals surface area contributed by atoms with Crippen LogP contribution >= 0.6 is 0 Å². The quantitative estimate of drug-likeness (QED) is 0.615. The number of rotatable bonds is 5. The number of aliphatic imine (C=N–C) groups is 1. The highest BCUT2D eigenvalue weighted by molar-refractivity contribution is 6.21. The molecule has 0 atom stereocenters. The highest BCUT2D eigenvalue weighted by Crippen LogP contribution is 2.27. The van der Waals surface area contributed by atoms with Gasteiger partial charge in [0, 0.05) is 23.5 Å². The molecule has 2 rings (SSSR count). The van der Waals surface area contributed by atoms with E-state index in [0.29, 0.717) is 11.6 Å². The number of para-hydroxylation sites is 1. The van der Waals surface area contributed by atoms with Gasteiger partial charge in [-0.25, -0.2) is 4.99 Å². The van der Waals surface area contributed by atoms with Crippen molar-refractivity contribution in [2.75, 3.05) is 7.11 Å². The van der Waals surface area contributed by atoms with Gasteiger partial charge in [0.25, 0.3) is 0 Å². The van der Waals surface area contributed by atoms with Crippen LogP contribution in [-0.4, -0.2) is 18.0 Å². The second-order valence-corrected chi connectivity index (χ2v) is 4.31.